The normalized spacial score (nSPS) is 24.1. The summed E-state index contributed by atoms with van der Waals surface area (Å²) in [5.41, 5.74) is 0.735. The molecule has 0 aromatic carbocycles. The second kappa shape index (κ2) is 5.10. The maximum atomic E-state index is 13.3. The zero-order chi connectivity index (χ0) is 13.2. The number of alkyl halides is 1. The molecule has 1 aliphatic heterocycles. The number of hydrogen-bond donors (Lipinski definition) is 1. The van der Waals surface area contributed by atoms with Gasteiger partial charge in [-0.3, -0.25) is 4.90 Å². The van der Waals surface area contributed by atoms with E-state index in [0.717, 1.165) is 5.56 Å². The summed E-state index contributed by atoms with van der Waals surface area (Å²) in [5, 5.41) is 13.0. The van der Waals surface area contributed by atoms with Gasteiger partial charge in [-0.1, -0.05) is 5.16 Å². The molecule has 6 nitrogen and oxygen atoms in total. The van der Waals surface area contributed by atoms with Gasteiger partial charge in [0.25, 0.3) is 0 Å². The molecule has 2 aromatic heterocycles. The van der Waals surface area contributed by atoms with Crippen LogP contribution in [-0.4, -0.2) is 45.5 Å². The zero-order valence-electron chi connectivity index (χ0n) is 10.2. The Morgan fingerprint density at radius 2 is 2.42 bits per heavy atom. The standard InChI is InChI=1S/C12H14FN3O3/c13-9-3-10(6-17)16(4-9)5-11-14-12(15-19-11)8-1-2-18-7-8/h1-2,7,9-10,17H,3-6H2/t9-,10-/m0/s1. The Labute approximate surface area is 108 Å². The van der Waals surface area contributed by atoms with Crippen molar-refractivity contribution in [2.75, 3.05) is 13.2 Å². The quantitative estimate of drug-likeness (QED) is 0.898. The Bertz CT molecular complexity index is 528. The summed E-state index contributed by atoms with van der Waals surface area (Å²) in [5.74, 6) is 0.851. The first kappa shape index (κ1) is 12.3. The number of aromatic nitrogens is 2. The second-order valence-corrected chi connectivity index (χ2v) is 4.62. The van der Waals surface area contributed by atoms with Crippen LogP contribution in [0.25, 0.3) is 11.4 Å². The maximum absolute atomic E-state index is 13.3. The highest BCUT2D eigenvalue weighted by molar-refractivity contribution is 5.51. The Kier molecular flexibility index (Phi) is 3.31. The number of hydrogen-bond acceptors (Lipinski definition) is 6. The smallest absolute Gasteiger partial charge is 0.241 e. The van der Waals surface area contributed by atoms with Crippen LogP contribution in [0.5, 0.6) is 0 Å². The Morgan fingerprint density at radius 3 is 3.16 bits per heavy atom. The number of furan rings is 1. The second-order valence-electron chi connectivity index (χ2n) is 4.62. The summed E-state index contributed by atoms with van der Waals surface area (Å²) in [7, 11) is 0. The summed E-state index contributed by atoms with van der Waals surface area (Å²) >= 11 is 0. The SMILES string of the molecule is OC[C@@H]1C[C@H](F)CN1Cc1nc(-c2ccoc2)no1. The van der Waals surface area contributed by atoms with E-state index in [0.29, 0.717) is 24.7 Å². The molecule has 1 fully saturated rings. The van der Waals surface area contributed by atoms with Crippen molar-refractivity contribution in [3.05, 3.63) is 24.5 Å². The molecule has 0 amide bonds. The number of halogens is 1. The third-order valence-electron chi connectivity index (χ3n) is 3.27. The molecule has 102 valence electrons. The van der Waals surface area contributed by atoms with Crippen LogP contribution in [0.2, 0.25) is 0 Å². The Hall–Kier alpha value is -1.73. The van der Waals surface area contributed by atoms with Crippen LogP contribution in [0, 0.1) is 0 Å². The molecule has 3 rings (SSSR count). The third kappa shape index (κ3) is 2.52. The molecule has 2 atom stereocenters. The van der Waals surface area contributed by atoms with E-state index in [2.05, 4.69) is 10.1 Å². The van der Waals surface area contributed by atoms with E-state index < -0.39 is 6.17 Å². The van der Waals surface area contributed by atoms with Crippen molar-refractivity contribution in [3.63, 3.8) is 0 Å². The molecule has 1 N–H and O–H groups in total. The minimum Gasteiger partial charge on any atom is -0.472 e. The minimum absolute atomic E-state index is 0.0663. The van der Waals surface area contributed by atoms with Crippen molar-refractivity contribution in [1.29, 1.82) is 0 Å². The van der Waals surface area contributed by atoms with Gasteiger partial charge >= 0.3 is 0 Å². The minimum atomic E-state index is -0.909. The van der Waals surface area contributed by atoms with Gasteiger partial charge in [-0.2, -0.15) is 4.98 Å². The van der Waals surface area contributed by atoms with Gasteiger partial charge in [-0.15, -0.1) is 0 Å². The molecule has 1 saturated heterocycles. The number of nitrogens with zero attached hydrogens (tertiary/aromatic N) is 3. The average molecular weight is 267 g/mol. The molecule has 0 unspecified atom stereocenters. The first-order valence-corrected chi connectivity index (χ1v) is 6.10. The molecule has 1 aliphatic rings. The maximum Gasteiger partial charge on any atom is 0.241 e. The van der Waals surface area contributed by atoms with Crippen molar-refractivity contribution >= 4 is 0 Å². The molecule has 0 spiro atoms. The highest BCUT2D eigenvalue weighted by Crippen LogP contribution is 2.23. The summed E-state index contributed by atoms with van der Waals surface area (Å²) < 4.78 is 23.4. The number of rotatable bonds is 4. The highest BCUT2D eigenvalue weighted by atomic mass is 19.1. The number of aliphatic hydroxyl groups excluding tert-OH is 1. The van der Waals surface area contributed by atoms with Gasteiger partial charge in [-0.25, -0.2) is 4.39 Å². The fourth-order valence-corrected chi connectivity index (χ4v) is 2.31. The molecular weight excluding hydrogens is 253 g/mol. The fourth-order valence-electron chi connectivity index (χ4n) is 2.31. The first-order chi connectivity index (χ1) is 9.26. The largest absolute Gasteiger partial charge is 0.472 e. The number of likely N-dealkylation sites (tertiary alicyclic amines) is 1. The molecule has 0 radical (unpaired) electrons. The third-order valence-corrected chi connectivity index (χ3v) is 3.27. The zero-order valence-corrected chi connectivity index (χ0v) is 10.2. The van der Waals surface area contributed by atoms with Gasteiger partial charge in [-0.05, 0) is 12.5 Å². The van der Waals surface area contributed by atoms with Crippen molar-refractivity contribution in [3.8, 4) is 11.4 Å². The molecule has 2 aromatic rings. The van der Waals surface area contributed by atoms with Crippen molar-refractivity contribution in [2.45, 2.75) is 25.2 Å². The van der Waals surface area contributed by atoms with Crippen LogP contribution >= 0.6 is 0 Å². The monoisotopic (exact) mass is 267 g/mol. The lowest BCUT2D eigenvalue weighted by Gasteiger charge is -2.19. The first-order valence-electron chi connectivity index (χ1n) is 6.10. The van der Waals surface area contributed by atoms with E-state index in [1.165, 1.54) is 12.5 Å². The predicted molar refractivity (Wildman–Crippen MR) is 62.8 cm³/mol. The molecule has 19 heavy (non-hydrogen) atoms. The lowest BCUT2D eigenvalue weighted by molar-refractivity contribution is 0.140. The lowest BCUT2D eigenvalue weighted by Crippen LogP contribution is -2.31. The van der Waals surface area contributed by atoms with E-state index in [1.807, 2.05) is 4.90 Å². The van der Waals surface area contributed by atoms with Crippen LogP contribution in [0.15, 0.2) is 27.5 Å². The Balaban J connectivity index is 1.70. The molecule has 0 aliphatic carbocycles. The topological polar surface area (TPSA) is 75.5 Å². The van der Waals surface area contributed by atoms with Crippen LogP contribution in [0.3, 0.4) is 0 Å². The van der Waals surface area contributed by atoms with Crippen LogP contribution < -0.4 is 0 Å². The van der Waals surface area contributed by atoms with Crippen LogP contribution in [0.4, 0.5) is 4.39 Å². The van der Waals surface area contributed by atoms with Crippen molar-refractivity contribution in [1.82, 2.24) is 15.0 Å². The van der Waals surface area contributed by atoms with E-state index >= 15 is 0 Å². The molecule has 7 heteroatoms. The van der Waals surface area contributed by atoms with Crippen LogP contribution in [0.1, 0.15) is 12.3 Å². The molecule has 3 heterocycles. The van der Waals surface area contributed by atoms with Gasteiger partial charge in [0.2, 0.25) is 11.7 Å². The van der Waals surface area contributed by atoms with Gasteiger partial charge in [0.1, 0.15) is 12.4 Å². The fraction of sp³-hybridized carbons (Fsp3) is 0.500. The molecule has 0 bridgehead atoms. The Morgan fingerprint density at radius 1 is 1.53 bits per heavy atom. The molecule has 0 saturated carbocycles. The van der Waals surface area contributed by atoms with Crippen molar-refractivity contribution < 1.29 is 18.4 Å². The summed E-state index contributed by atoms with van der Waals surface area (Å²) in [4.78, 5) is 6.04. The van der Waals surface area contributed by atoms with Gasteiger partial charge < -0.3 is 14.0 Å². The van der Waals surface area contributed by atoms with Gasteiger partial charge in [0, 0.05) is 12.6 Å². The summed E-state index contributed by atoms with van der Waals surface area (Å²) in [6.45, 7) is 0.564. The van der Waals surface area contributed by atoms with Gasteiger partial charge in [0.15, 0.2) is 0 Å². The average Bonchev–Trinajstić information content (AvgIpc) is 3.09. The van der Waals surface area contributed by atoms with E-state index in [1.54, 1.807) is 6.07 Å². The van der Waals surface area contributed by atoms with E-state index in [9.17, 15) is 9.50 Å². The van der Waals surface area contributed by atoms with E-state index in [4.69, 9.17) is 8.94 Å². The van der Waals surface area contributed by atoms with Crippen LogP contribution in [-0.2, 0) is 6.54 Å². The van der Waals surface area contributed by atoms with Crippen molar-refractivity contribution in [2.24, 2.45) is 0 Å². The van der Waals surface area contributed by atoms with E-state index in [-0.39, 0.29) is 19.2 Å². The number of aliphatic hydroxyl groups is 1. The van der Waals surface area contributed by atoms with Gasteiger partial charge in [0.05, 0.1) is 25.0 Å². The lowest BCUT2D eigenvalue weighted by atomic mass is 10.2. The molecular formula is C12H14FN3O3. The summed E-state index contributed by atoms with van der Waals surface area (Å²) in [6, 6.07) is 1.55. The highest BCUT2D eigenvalue weighted by Gasteiger charge is 2.32. The predicted octanol–water partition coefficient (Wildman–Crippen LogP) is 1.23. The summed E-state index contributed by atoms with van der Waals surface area (Å²) in [6.07, 6.45) is 2.49.